The molecular weight excluding hydrogens is 222 g/mol. The van der Waals surface area contributed by atoms with Crippen LogP contribution in [0.1, 0.15) is 25.3 Å². The molecule has 2 aromatic carbocycles. The Balaban J connectivity index is 2.09. The van der Waals surface area contributed by atoms with Gasteiger partial charge in [-0.2, -0.15) is 0 Å². The molecule has 0 aliphatic rings. The number of fused-ring (bicyclic) bond motifs is 1. The topological polar surface area (TPSA) is 30.7 Å². The van der Waals surface area contributed by atoms with E-state index in [0.29, 0.717) is 5.92 Å². The third-order valence-electron chi connectivity index (χ3n) is 3.16. The Morgan fingerprint density at radius 1 is 0.944 bits per heavy atom. The lowest BCUT2D eigenvalue weighted by Gasteiger charge is -2.07. The summed E-state index contributed by atoms with van der Waals surface area (Å²) in [4.78, 5) is 0. The molecule has 1 heterocycles. The molecule has 1 aromatic heterocycles. The number of aromatic nitrogens is 3. The Labute approximate surface area is 106 Å². The van der Waals surface area contributed by atoms with Gasteiger partial charge in [0.15, 0.2) is 0 Å². The molecule has 3 heteroatoms. The third-order valence-corrected chi connectivity index (χ3v) is 3.16. The molecule has 0 aliphatic carbocycles. The van der Waals surface area contributed by atoms with Crippen LogP contribution in [0.2, 0.25) is 0 Å². The van der Waals surface area contributed by atoms with Crippen LogP contribution in [0, 0.1) is 0 Å². The van der Waals surface area contributed by atoms with Crippen LogP contribution >= 0.6 is 0 Å². The maximum Gasteiger partial charge on any atom is 0.113 e. The average molecular weight is 237 g/mol. The molecule has 0 atom stereocenters. The largest absolute Gasteiger partial charge is 0.213 e. The number of hydrogen-bond donors (Lipinski definition) is 0. The molecule has 90 valence electrons. The summed E-state index contributed by atoms with van der Waals surface area (Å²) in [6, 6.07) is 16.5. The molecule has 3 aromatic rings. The van der Waals surface area contributed by atoms with Crippen LogP contribution in [0.5, 0.6) is 0 Å². The van der Waals surface area contributed by atoms with Crippen LogP contribution in [-0.2, 0) is 0 Å². The Bertz CT molecular complexity index is 666. The van der Waals surface area contributed by atoms with Gasteiger partial charge in [-0.1, -0.05) is 43.3 Å². The van der Waals surface area contributed by atoms with Crippen molar-refractivity contribution in [3.8, 4) is 5.69 Å². The zero-order valence-corrected chi connectivity index (χ0v) is 10.5. The van der Waals surface area contributed by atoms with Crippen molar-refractivity contribution in [1.29, 1.82) is 0 Å². The first-order valence-corrected chi connectivity index (χ1v) is 6.16. The highest BCUT2D eigenvalue weighted by molar-refractivity contribution is 5.75. The van der Waals surface area contributed by atoms with E-state index in [0.717, 1.165) is 16.7 Å². The van der Waals surface area contributed by atoms with Gasteiger partial charge in [-0.15, -0.1) is 5.10 Å². The molecule has 0 fully saturated rings. The van der Waals surface area contributed by atoms with E-state index in [1.807, 2.05) is 28.9 Å². The van der Waals surface area contributed by atoms with Gasteiger partial charge in [0.2, 0.25) is 0 Å². The Morgan fingerprint density at radius 3 is 2.39 bits per heavy atom. The van der Waals surface area contributed by atoms with Gasteiger partial charge >= 0.3 is 0 Å². The molecule has 0 unspecified atom stereocenters. The van der Waals surface area contributed by atoms with E-state index in [1.165, 1.54) is 5.56 Å². The fourth-order valence-electron chi connectivity index (χ4n) is 2.06. The van der Waals surface area contributed by atoms with E-state index in [1.54, 1.807) is 0 Å². The minimum Gasteiger partial charge on any atom is -0.213 e. The van der Waals surface area contributed by atoms with E-state index in [2.05, 4.69) is 48.4 Å². The molecule has 0 radical (unpaired) electrons. The monoisotopic (exact) mass is 237 g/mol. The van der Waals surface area contributed by atoms with E-state index >= 15 is 0 Å². The van der Waals surface area contributed by atoms with Crippen LogP contribution in [0.4, 0.5) is 0 Å². The first-order valence-electron chi connectivity index (χ1n) is 6.16. The maximum absolute atomic E-state index is 4.21. The summed E-state index contributed by atoms with van der Waals surface area (Å²) in [6.45, 7) is 4.39. The Morgan fingerprint density at radius 2 is 1.67 bits per heavy atom. The normalized spacial score (nSPS) is 11.3. The summed E-state index contributed by atoms with van der Waals surface area (Å²) in [5.41, 5.74) is 4.34. The van der Waals surface area contributed by atoms with Crippen LogP contribution in [0.3, 0.4) is 0 Å². The highest BCUT2D eigenvalue weighted by Gasteiger charge is 2.06. The number of hydrogen-bond acceptors (Lipinski definition) is 2. The average Bonchev–Trinajstić information content (AvgIpc) is 2.82. The second kappa shape index (κ2) is 4.26. The summed E-state index contributed by atoms with van der Waals surface area (Å²) < 4.78 is 1.87. The molecule has 18 heavy (non-hydrogen) atoms. The van der Waals surface area contributed by atoms with Gasteiger partial charge in [0, 0.05) is 0 Å². The summed E-state index contributed by atoms with van der Waals surface area (Å²) in [6.07, 6.45) is 0. The van der Waals surface area contributed by atoms with Crippen molar-refractivity contribution >= 4 is 11.0 Å². The summed E-state index contributed by atoms with van der Waals surface area (Å²) >= 11 is 0. The van der Waals surface area contributed by atoms with E-state index < -0.39 is 0 Å². The Hall–Kier alpha value is -2.16. The number of rotatable bonds is 2. The van der Waals surface area contributed by atoms with Crippen LogP contribution in [0.25, 0.3) is 16.7 Å². The van der Waals surface area contributed by atoms with Gasteiger partial charge in [0.05, 0.1) is 11.2 Å². The van der Waals surface area contributed by atoms with E-state index in [4.69, 9.17) is 0 Å². The quantitative estimate of drug-likeness (QED) is 0.682. The van der Waals surface area contributed by atoms with Crippen molar-refractivity contribution in [3.05, 3.63) is 54.1 Å². The van der Waals surface area contributed by atoms with Gasteiger partial charge in [-0.3, -0.25) is 0 Å². The van der Waals surface area contributed by atoms with Crippen molar-refractivity contribution in [3.63, 3.8) is 0 Å². The SMILES string of the molecule is CC(C)c1ccc(-n2nnc3ccccc32)cc1. The molecule has 0 saturated carbocycles. The summed E-state index contributed by atoms with van der Waals surface area (Å²) in [7, 11) is 0. The van der Waals surface area contributed by atoms with Gasteiger partial charge in [-0.05, 0) is 35.7 Å². The molecule has 3 rings (SSSR count). The minimum atomic E-state index is 0.548. The lowest BCUT2D eigenvalue weighted by molar-refractivity contribution is 0.819. The predicted octanol–water partition coefficient (Wildman–Crippen LogP) is 3.54. The van der Waals surface area contributed by atoms with Crippen LogP contribution in [0.15, 0.2) is 48.5 Å². The molecule has 0 bridgehead atoms. The molecule has 0 aliphatic heterocycles. The first-order chi connectivity index (χ1) is 8.75. The van der Waals surface area contributed by atoms with Crippen molar-refractivity contribution in [2.75, 3.05) is 0 Å². The molecular formula is C15H15N3. The molecule has 0 amide bonds. The second-order valence-corrected chi connectivity index (χ2v) is 4.74. The van der Waals surface area contributed by atoms with Gasteiger partial charge < -0.3 is 0 Å². The highest BCUT2D eigenvalue weighted by atomic mass is 15.4. The number of nitrogens with zero attached hydrogens (tertiary/aromatic N) is 3. The van der Waals surface area contributed by atoms with Gasteiger partial charge in [0.1, 0.15) is 5.52 Å². The van der Waals surface area contributed by atoms with Gasteiger partial charge in [-0.25, -0.2) is 4.68 Å². The van der Waals surface area contributed by atoms with Crippen LogP contribution in [-0.4, -0.2) is 15.0 Å². The van der Waals surface area contributed by atoms with Crippen molar-refractivity contribution in [2.45, 2.75) is 19.8 Å². The lowest BCUT2D eigenvalue weighted by atomic mass is 10.0. The smallest absolute Gasteiger partial charge is 0.113 e. The maximum atomic E-state index is 4.21. The number of benzene rings is 2. The van der Waals surface area contributed by atoms with Crippen molar-refractivity contribution in [1.82, 2.24) is 15.0 Å². The summed E-state index contributed by atoms with van der Waals surface area (Å²) in [5, 5.41) is 8.37. The minimum absolute atomic E-state index is 0.548. The fraction of sp³-hybridized carbons (Fsp3) is 0.200. The van der Waals surface area contributed by atoms with Crippen molar-refractivity contribution < 1.29 is 0 Å². The fourth-order valence-corrected chi connectivity index (χ4v) is 2.06. The summed E-state index contributed by atoms with van der Waals surface area (Å²) in [5.74, 6) is 0.548. The predicted molar refractivity (Wildman–Crippen MR) is 73.0 cm³/mol. The zero-order chi connectivity index (χ0) is 12.5. The first kappa shape index (κ1) is 11.0. The number of para-hydroxylation sites is 1. The highest BCUT2D eigenvalue weighted by Crippen LogP contribution is 2.19. The second-order valence-electron chi connectivity index (χ2n) is 4.74. The van der Waals surface area contributed by atoms with Crippen LogP contribution < -0.4 is 0 Å². The Kier molecular flexibility index (Phi) is 2.59. The molecule has 3 nitrogen and oxygen atoms in total. The van der Waals surface area contributed by atoms with Crippen molar-refractivity contribution in [2.24, 2.45) is 0 Å². The standard InChI is InChI=1S/C15H15N3/c1-11(2)12-7-9-13(10-8-12)18-15-6-4-3-5-14(15)16-17-18/h3-11H,1-2H3. The van der Waals surface area contributed by atoms with E-state index in [-0.39, 0.29) is 0 Å². The van der Waals surface area contributed by atoms with E-state index in [9.17, 15) is 0 Å². The third kappa shape index (κ3) is 1.78. The lowest BCUT2D eigenvalue weighted by Crippen LogP contribution is -1.97. The van der Waals surface area contributed by atoms with Gasteiger partial charge in [0.25, 0.3) is 0 Å². The molecule has 0 spiro atoms. The molecule has 0 N–H and O–H groups in total. The zero-order valence-electron chi connectivity index (χ0n) is 10.5. The molecule has 0 saturated heterocycles.